The van der Waals surface area contributed by atoms with Crippen LogP contribution in [0.3, 0.4) is 0 Å². The molecule has 0 aliphatic rings. The molecule has 134 valence electrons. The summed E-state index contributed by atoms with van der Waals surface area (Å²) in [4.78, 5) is 34.8. The van der Waals surface area contributed by atoms with Crippen LogP contribution in [-0.4, -0.2) is 31.1 Å². The first-order valence-electron chi connectivity index (χ1n) is 7.18. The van der Waals surface area contributed by atoms with E-state index in [1.807, 2.05) is 0 Å². The van der Waals surface area contributed by atoms with E-state index >= 15 is 0 Å². The van der Waals surface area contributed by atoms with Crippen molar-refractivity contribution in [2.75, 3.05) is 12.4 Å². The van der Waals surface area contributed by atoms with Crippen molar-refractivity contribution in [1.29, 1.82) is 0 Å². The molecule has 0 bridgehead atoms. The quantitative estimate of drug-likeness (QED) is 0.361. The standard InChI is InChI=1S/C17H13Cl2N3O4/c1-26-17(25)11-3-5-12(6-4-11)21-15(23)16(24)22-20-9-10-2-7-13(18)14(19)8-10/h2-9H,1H3,(H,21,23)(H,22,24)/b20-9+. The van der Waals surface area contributed by atoms with Gasteiger partial charge in [0, 0.05) is 5.69 Å². The van der Waals surface area contributed by atoms with Crippen molar-refractivity contribution in [3.8, 4) is 0 Å². The number of methoxy groups -OCH3 is 1. The first-order valence-corrected chi connectivity index (χ1v) is 7.94. The van der Waals surface area contributed by atoms with Crippen LogP contribution in [0.2, 0.25) is 10.0 Å². The van der Waals surface area contributed by atoms with Crippen LogP contribution >= 0.6 is 23.2 Å². The molecule has 0 aromatic heterocycles. The fourth-order valence-corrected chi connectivity index (χ4v) is 2.11. The number of hydrogen-bond donors (Lipinski definition) is 2. The molecule has 0 radical (unpaired) electrons. The van der Waals surface area contributed by atoms with Crippen LogP contribution in [0.5, 0.6) is 0 Å². The maximum Gasteiger partial charge on any atom is 0.337 e. The van der Waals surface area contributed by atoms with Crippen LogP contribution in [-0.2, 0) is 14.3 Å². The number of anilines is 1. The predicted octanol–water partition coefficient (Wildman–Crippen LogP) is 2.87. The number of ether oxygens (including phenoxy) is 1. The number of carbonyl (C=O) groups is 3. The molecule has 9 heteroatoms. The van der Waals surface area contributed by atoms with Crippen LogP contribution in [0.25, 0.3) is 0 Å². The van der Waals surface area contributed by atoms with Crippen molar-refractivity contribution >= 4 is 52.9 Å². The summed E-state index contributed by atoms with van der Waals surface area (Å²) in [6.07, 6.45) is 1.32. The molecule has 0 saturated heterocycles. The number of amides is 2. The summed E-state index contributed by atoms with van der Waals surface area (Å²) in [5, 5.41) is 6.79. The van der Waals surface area contributed by atoms with Crippen LogP contribution in [0, 0.1) is 0 Å². The molecular weight excluding hydrogens is 381 g/mol. The Kier molecular flexibility index (Phi) is 6.71. The van der Waals surface area contributed by atoms with E-state index in [4.69, 9.17) is 23.2 Å². The number of hydrogen-bond acceptors (Lipinski definition) is 5. The first-order chi connectivity index (χ1) is 12.4. The molecule has 2 amide bonds. The average molecular weight is 394 g/mol. The lowest BCUT2D eigenvalue weighted by atomic mass is 10.2. The van der Waals surface area contributed by atoms with E-state index in [1.54, 1.807) is 18.2 Å². The lowest BCUT2D eigenvalue weighted by molar-refractivity contribution is -0.136. The minimum atomic E-state index is -0.960. The van der Waals surface area contributed by atoms with E-state index in [1.165, 1.54) is 37.6 Å². The number of esters is 1. The van der Waals surface area contributed by atoms with E-state index in [9.17, 15) is 14.4 Å². The lowest BCUT2D eigenvalue weighted by Gasteiger charge is -2.05. The molecule has 0 unspecified atom stereocenters. The molecule has 2 rings (SSSR count). The highest BCUT2D eigenvalue weighted by atomic mass is 35.5. The molecule has 2 aromatic rings. The van der Waals surface area contributed by atoms with Gasteiger partial charge in [0.2, 0.25) is 0 Å². The Bertz CT molecular complexity index is 867. The summed E-state index contributed by atoms with van der Waals surface area (Å²) in [6, 6.07) is 10.6. The summed E-state index contributed by atoms with van der Waals surface area (Å²) in [7, 11) is 1.26. The van der Waals surface area contributed by atoms with Gasteiger partial charge in [0.1, 0.15) is 0 Å². The van der Waals surface area contributed by atoms with Gasteiger partial charge in [-0.25, -0.2) is 10.2 Å². The molecule has 2 aromatic carbocycles. The summed E-state index contributed by atoms with van der Waals surface area (Å²) in [6.45, 7) is 0. The SMILES string of the molecule is COC(=O)c1ccc(NC(=O)C(=O)N/N=C/c2ccc(Cl)c(Cl)c2)cc1. The second-order valence-electron chi connectivity index (χ2n) is 4.90. The maximum atomic E-state index is 11.8. The second kappa shape index (κ2) is 8.98. The van der Waals surface area contributed by atoms with Crippen molar-refractivity contribution in [3.63, 3.8) is 0 Å². The fraction of sp³-hybridized carbons (Fsp3) is 0.0588. The Labute approximate surface area is 158 Å². The predicted molar refractivity (Wildman–Crippen MR) is 98.6 cm³/mol. The highest BCUT2D eigenvalue weighted by Gasteiger charge is 2.13. The Balaban J connectivity index is 1.90. The highest BCUT2D eigenvalue weighted by Crippen LogP contribution is 2.21. The largest absolute Gasteiger partial charge is 0.465 e. The number of rotatable bonds is 4. The third kappa shape index (κ3) is 5.30. The fourth-order valence-electron chi connectivity index (χ4n) is 1.80. The minimum Gasteiger partial charge on any atom is -0.465 e. The van der Waals surface area contributed by atoms with Gasteiger partial charge in [-0.15, -0.1) is 0 Å². The highest BCUT2D eigenvalue weighted by molar-refractivity contribution is 6.42. The number of nitrogens with one attached hydrogen (secondary N) is 2. The van der Waals surface area contributed by atoms with E-state index in [0.717, 1.165) is 0 Å². The number of benzene rings is 2. The van der Waals surface area contributed by atoms with Gasteiger partial charge in [0.25, 0.3) is 0 Å². The molecule has 0 heterocycles. The number of carbonyl (C=O) groups excluding carboxylic acids is 3. The van der Waals surface area contributed by atoms with Gasteiger partial charge in [-0.2, -0.15) is 5.10 Å². The maximum absolute atomic E-state index is 11.8. The van der Waals surface area contributed by atoms with Crippen LogP contribution in [0.15, 0.2) is 47.6 Å². The van der Waals surface area contributed by atoms with Gasteiger partial charge in [0.05, 0.1) is 28.9 Å². The van der Waals surface area contributed by atoms with Gasteiger partial charge in [-0.3, -0.25) is 9.59 Å². The monoisotopic (exact) mass is 393 g/mol. The van der Waals surface area contributed by atoms with Crippen molar-refractivity contribution in [1.82, 2.24) is 5.43 Å². The summed E-state index contributed by atoms with van der Waals surface area (Å²) in [5.74, 6) is -2.38. The van der Waals surface area contributed by atoms with Crippen molar-refractivity contribution in [2.45, 2.75) is 0 Å². The number of nitrogens with zero attached hydrogens (tertiary/aromatic N) is 1. The minimum absolute atomic E-state index is 0.321. The van der Waals surface area contributed by atoms with Crippen LogP contribution in [0.1, 0.15) is 15.9 Å². The number of hydrazone groups is 1. The molecule has 0 atom stereocenters. The third-order valence-corrected chi connectivity index (χ3v) is 3.83. The Morgan fingerprint density at radius 3 is 2.31 bits per heavy atom. The first kappa shape index (κ1) is 19.4. The van der Waals surface area contributed by atoms with E-state index in [2.05, 4.69) is 20.6 Å². The molecule has 2 N–H and O–H groups in total. The molecule has 26 heavy (non-hydrogen) atoms. The van der Waals surface area contributed by atoms with Crippen molar-refractivity contribution in [2.24, 2.45) is 5.10 Å². The zero-order chi connectivity index (χ0) is 19.1. The summed E-state index contributed by atoms with van der Waals surface area (Å²) < 4.78 is 4.57. The zero-order valence-electron chi connectivity index (χ0n) is 13.5. The van der Waals surface area contributed by atoms with Gasteiger partial charge in [-0.05, 0) is 42.0 Å². The Morgan fingerprint density at radius 2 is 1.69 bits per heavy atom. The second-order valence-corrected chi connectivity index (χ2v) is 5.71. The molecular formula is C17H13Cl2N3O4. The Hall–Kier alpha value is -2.90. The van der Waals surface area contributed by atoms with Crippen molar-refractivity contribution in [3.05, 3.63) is 63.6 Å². The molecule has 0 fully saturated rings. The van der Waals surface area contributed by atoms with E-state index < -0.39 is 17.8 Å². The van der Waals surface area contributed by atoms with Gasteiger partial charge in [-0.1, -0.05) is 29.3 Å². The van der Waals surface area contributed by atoms with Gasteiger partial charge >= 0.3 is 17.8 Å². The topological polar surface area (TPSA) is 96.9 Å². The third-order valence-electron chi connectivity index (χ3n) is 3.09. The van der Waals surface area contributed by atoms with Crippen LogP contribution in [0.4, 0.5) is 5.69 Å². The summed E-state index contributed by atoms with van der Waals surface area (Å²) in [5.41, 5.74) is 3.35. The van der Waals surface area contributed by atoms with Crippen LogP contribution < -0.4 is 10.7 Å². The van der Waals surface area contributed by atoms with Crippen molar-refractivity contribution < 1.29 is 19.1 Å². The van der Waals surface area contributed by atoms with E-state index in [0.29, 0.717) is 26.9 Å². The van der Waals surface area contributed by atoms with Gasteiger partial charge in [0.15, 0.2) is 0 Å². The molecule has 7 nitrogen and oxygen atoms in total. The molecule has 0 saturated carbocycles. The normalized spacial score (nSPS) is 10.4. The smallest absolute Gasteiger partial charge is 0.337 e. The lowest BCUT2D eigenvalue weighted by Crippen LogP contribution is -2.32. The molecule has 0 aliphatic heterocycles. The molecule has 0 spiro atoms. The Morgan fingerprint density at radius 1 is 1.00 bits per heavy atom. The number of halogens is 2. The van der Waals surface area contributed by atoms with Gasteiger partial charge < -0.3 is 10.1 Å². The summed E-state index contributed by atoms with van der Waals surface area (Å²) >= 11 is 11.7. The van der Waals surface area contributed by atoms with E-state index in [-0.39, 0.29) is 0 Å². The average Bonchev–Trinajstić information content (AvgIpc) is 2.64. The molecule has 0 aliphatic carbocycles. The zero-order valence-corrected chi connectivity index (χ0v) is 15.0.